The Kier molecular flexibility index (Phi) is 6.42. The van der Waals surface area contributed by atoms with E-state index >= 15 is 0 Å². The van der Waals surface area contributed by atoms with Crippen molar-refractivity contribution in [3.63, 3.8) is 0 Å². The Bertz CT molecular complexity index is 501. The van der Waals surface area contributed by atoms with Gasteiger partial charge >= 0.3 is 0 Å². The Morgan fingerprint density at radius 3 is 2.50 bits per heavy atom. The van der Waals surface area contributed by atoms with E-state index in [2.05, 4.69) is 21.1 Å². The number of amides is 1. The molecule has 120 valence electrons. The van der Waals surface area contributed by atoms with Gasteiger partial charge in [0.25, 0.3) is 5.91 Å². The molecule has 22 heavy (non-hydrogen) atoms. The third-order valence-corrected chi connectivity index (χ3v) is 3.68. The summed E-state index contributed by atoms with van der Waals surface area (Å²) in [7, 11) is 1.62. The van der Waals surface area contributed by atoms with Crippen LogP contribution in [0.15, 0.2) is 24.3 Å². The number of thiocarbonyl (C=S) groups is 1. The lowest BCUT2D eigenvalue weighted by molar-refractivity contribution is -0.123. The number of carbonyl (C=O) groups is 1. The van der Waals surface area contributed by atoms with E-state index in [0.717, 1.165) is 37.4 Å². The fraction of sp³-hybridized carbons (Fsp3) is 0.467. The molecule has 1 aromatic carbocycles. The van der Waals surface area contributed by atoms with Crippen LogP contribution in [0.3, 0.4) is 0 Å². The molecule has 0 aromatic heterocycles. The van der Waals surface area contributed by atoms with Crippen LogP contribution in [-0.4, -0.2) is 42.7 Å². The van der Waals surface area contributed by atoms with Gasteiger partial charge in [0, 0.05) is 5.69 Å². The summed E-state index contributed by atoms with van der Waals surface area (Å²) >= 11 is 5.14. The van der Waals surface area contributed by atoms with Gasteiger partial charge in [0.1, 0.15) is 5.75 Å². The quantitative estimate of drug-likeness (QED) is 0.577. The molecule has 1 fully saturated rings. The molecular weight excluding hydrogens is 300 g/mol. The summed E-state index contributed by atoms with van der Waals surface area (Å²) < 4.78 is 5.09. The molecular formula is C15H22N4O2S. The van der Waals surface area contributed by atoms with Gasteiger partial charge in [0.2, 0.25) is 0 Å². The van der Waals surface area contributed by atoms with E-state index < -0.39 is 0 Å². The van der Waals surface area contributed by atoms with E-state index in [4.69, 9.17) is 17.0 Å². The molecule has 7 heteroatoms. The third-order valence-electron chi connectivity index (χ3n) is 3.48. The van der Waals surface area contributed by atoms with Gasteiger partial charge in [-0.25, -0.2) is 0 Å². The fourth-order valence-electron chi connectivity index (χ4n) is 2.32. The zero-order valence-electron chi connectivity index (χ0n) is 12.7. The Hall–Kier alpha value is -1.86. The molecule has 0 saturated carbocycles. The number of nitrogens with one attached hydrogen (secondary N) is 3. The van der Waals surface area contributed by atoms with E-state index in [-0.39, 0.29) is 5.91 Å². The average molecular weight is 322 g/mol. The third kappa shape index (κ3) is 5.50. The number of ether oxygens (including phenoxy) is 1. The maximum Gasteiger partial charge on any atom is 0.252 e. The van der Waals surface area contributed by atoms with Crippen LogP contribution in [-0.2, 0) is 4.79 Å². The minimum atomic E-state index is -0.0826. The summed E-state index contributed by atoms with van der Waals surface area (Å²) in [6.45, 7) is 2.38. The van der Waals surface area contributed by atoms with Crippen molar-refractivity contribution in [1.29, 1.82) is 0 Å². The number of hydrogen-bond donors (Lipinski definition) is 3. The molecule has 1 amide bonds. The Labute approximate surface area is 136 Å². The predicted octanol–water partition coefficient (Wildman–Crippen LogP) is 1.50. The van der Waals surface area contributed by atoms with E-state index in [9.17, 15) is 4.79 Å². The summed E-state index contributed by atoms with van der Waals surface area (Å²) in [5.41, 5.74) is 6.15. The molecule has 0 aliphatic carbocycles. The van der Waals surface area contributed by atoms with Gasteiger partial charge in [-0.1, -0.05) is 6.42 Å². The molecule has 0 bridgehead atoms. The number of hydrazine groups is 1. The van der Waals surface area contributed by atoms with Gasteiger partial charge < -0.3 is 10.1 Å². The molecule has 0 atom stereocenters. The number of anilines is 1. The lowest BCUT2D eigenvalue weighted by Gasteiger charge is -2.25. The maximum absolute atomic E-state index is 11.8. The van der Waals surface area contributed by atoms with Crippen molar-refractivity contribution < 1.29 is 9.53 Å². The summed E-state index contributed by atoms with van der Waals surface area (Å²) in [5, 5.41) is 3.33. The van der Waals surface area contributed by atoms with E-state index in [1.807, 2.05) is 24.3 Å². The van der Waals surface area contributed by atoms with Crippen LogP contribution in [0.4, 0.5) is 5.69 Å². The van der Waals surface area contributed by atoms with Crippen molar-refractivity contribution in [2.45, 2.75) is 19.3 Å². The Morgan fingerprint density at radius 2 is 1.86 bits per heavy atom. The number of nitrogens with zero attached hydrogens (tertiary/aromatic N) is 1. The SMILES string of the molecule is COc1ccc(NC(=S)NNC(=O)CN2CCCCC2)cc1. The second kappa shape index (κ2) is 8.55. The fourth-order valence-corrected chi connectivity index (χ4v) is 2.49. The molecule has 6 nitrogen and oxygen atoms in total. The largest absolute Gasteiger partial charge is 0.497 e. The first-order chi connectivity index (χ1) is 10.7. The average Bonchev–Trinajstić information content (AvgIpc) is 2.55. The van der Waals surface area contributed by atoms with Crippen molar-refractivity contribution in [3.8, 4) is 5.75 Å². The molecule has 1 saturated heterocycles. The number of benzene rings is 1. The summed E-state index contributed by atoms with van der Waals surface area (Å²) in [4.78, 5) is 14.0. The highest BCUT2D eigenvalue weighted by Gasteiger charge is 2.13. The van der Waals surface area contributed by atoms with Crippen molar-refractivity contribution >= 4 is 28.9 Å². The van der Waals surface area contributed by atoms with Crippen molar-refractivity contribution in [2.75, 3.05) is 32.1 Å². The smallest absolute Gasteiger partial charge is 0.252 e. The molecule has 0 radical (unpaired) electrons. The molecule has 1 aliphatic rings. The van der Waals surface area contributed by atoms with E-state index in [0.29, 0.717) is 11.7 Å². The van der Waals surface area contributed by atoms with E-state index in [1.54, 1.807) is 7.11 Å². The van der Waals surface area contributed by atoms with Gasteiger partial charge in [-0.15, -0.1) is 0 Å². The van der Waals surface area contributed by atoms with Gasteiger partial charge in [0.05, 0.1) is 13.7 Å². The van der Waals surface area contributed by atoms with Crippen LogP contribution in [0.25, 0.3) is 0 Å². The minimum Gasteiger partial charge on any atom is -0.497 e. The summed E-state index contributed by atoms with van der Waals surface area (Å²) in [6.07, 6.45) is 3.59. The van der Waals surface area contributed by atoms with Gasteiger partial charge in [-0.2, -0.15) is 0 Å². The number of piperidine rings is 1. The second-order valence-corrected chi connectivity index (χ2v) is 5.60. The summed E-state index contributed by atoms with van der Waals surface area (Å²) in [5.74, 6) is 0.694. The molecule has 1 aliphatic heterocycles. The standard InChI is InChI=1S/C15H22N4O2S/c1-21-13-7-5-12(6-8-13)16-15(22)18-17-14(20)11-19-9-3-2-4-10-19/h5-8H,2-4,9-11H2,1H3,(H,17,20)(H2,16,18,22). The number of hydrogen-bond acceptors (Lipinski definition) is 4. The first-order valence-corrected chi connectivity index (χ1v) is 7.80. The predicted molar refractivity (Wildman–Crippen MR) is 90.8 cm³/mol. The highest BCUT2D eigenvalue weighted by atomic mass is 32.1. The Morgan fingerprint density at radius 1 is 1.18 bits per heavy atom. The normalized spacial score (nSPS) is 15.0. The van der Waals surface area contributed by atoms with Crippen molar-refractivity contribution in [3.05, 3.63) is 24.3 Å². The number of carbonyl (C=O) groups excluding carboxylic acids is 1. The van der Waals surface area contributed by atoms with Gasteiger partial charge in [0.15, 0.2) is 5.11 Å². The van der Waals surface area contributed by atoms with Gasteiger partial charge in [-0.05, 0) is 62.4 Å². The number of methoxy groups -OCH3 is 1. The highest BCUT2D eigenvalue weighted by molar-refractivity contribution is 7.80. The van der Waals surface area contributed by atoms with Crippen LogP contribution >= 0.6 is 12.2 Å². The molecule has 0 spiro atoms. The molecule has 3 N–H and O–H groups in total. The molecule has 0 unspecified atom stereocenters. The minimum absolute atomic E-state index is 0.0826. The molecule has 1 aromatic rings. The molecule has 1 heterocycles. The lowest BCUT2D eigenvalue weighted by atomic mass is 10.1. The second-order valence-electron chi connectivity index (χ2n) is 5.19. The van der Waals surface area contributed by atoms with Crippen LogP contribution in [0.1, 0.15) is 19.3 Å². The lowest BCUT2D eigenvalue weighted by Crippen LogP contribution is -2.48. The van der Waals surface area contributed by atoms with Crippen LogP contribution in [0.5, 0.6) is 5.75 Å². The highest BCUT2D eigenvalue weighted by Crippen LogP contribution is 2.14. The Balaban J connectivity index is 1.68. The van der Waals surface area contributed by atoms with Gasteiger partial charge in [-0.3, -0.25) is 20.5 Å². The van der Waals surface area contributed by atoms with Crippen molar-refractivity contribution in [2.24, 2.45) is 0 Å². The van der Waals surface area contributed by atoms with E-state index in [1.165, 1.54) is 6.42 Å². The van der Waals surface area contributed by atoms with Crippen LogP contribution in [0.2, 0.25) is 0 Å². The number of likely N-dealkylation sites (tertiary alicyclic amines) is 1. The first-order valence-electron chi connectivity index (χ1n) is 7.39. The van der Waals surface area contributed by atoms with Crippen molar-refractivity contribution in [1.82, 2.24) is 15.8 Å². The zero-order valence-corrected chi connectivity index (χ0v) is 13.5. The molecule has 2 rings (SSSR count). The number of rotatable bonds is 4. The maximum atomic E-state index is 11.8. The zero-order chi connectivity index (χ0) is 15.8. The van der Waals surface area contributed by atoms with Crippen LogP contribution < -0.4 is 20.9 Å². The first kappa shape index (κ1) is 16.5. The van der Waals surface area contributed by atoms with Crippen LogP contribution in [0, 0.1) is 0 Å². The monoisotopic (exact) mass is 322 g/mol. The topological polar surface area (TPSA) is 65.6 Å². The summed E-state index contributed by atoms with van der Waals surface area (Å²) in [6, 6.07) is 7.37.